The van der Waals surface area contributed by atoms with Crippen LogP contribution in [0.25, 0.3) is 0 Å². The molecule has 0 spiro atoms. The zero-order chi connectivity index (χ0) is 11.5. The van der Waals surface area contributed by atoms with Crippen molar-refractivity contribution in [2.45, 2.75) is 5.92 Å². The van der Waals surface area contributed by atoms with E-state index in [9.17, 15) is 0 Å². The van der Waals surface area contributed by atoms with Gasteiger partial charge < -0.3 is 5.73 Å². The predicted molar refractivity (Wildman–Crippen MR) is 61.1 cm³/mol. The molecule has 84 valence electrons. The van der Waals surface area contributed by atoms with Gasteiger partial charge in [-0.25, -0.2) is 0 Å². The van der Waals surface area contributed by atoms with Crippen LogP contribution in [-0.2, 0) is 7.05 Å². The first-order valence-corrected chi connectivity index (χ1v) is 5.28. The minimum absolute atomic E-state index is 0.0626. The molecule has 2 aromatic rings. The van der Waals surface area contributed by atoms with Crippen LogP contribution in [0.15, 0.2) is 24.3 Å². The zero-order valence-corrected chi connectivity index (χ0v) is 9.59. The number of benzene rings is 1. The average Bonchev–Trinajstić information content (AvgIpc) is 2.66. The molecule has 0 amide bonds. The van der Waals surface area contributed by atoms with E-state index in [1.165, 1.54) is 4.80 Å². The molecule has 5 nitrogen and oxygen atoms in total. The predicted octanol–water partition coefficient (Wildman–Crippen LogP) is 0.954. The first-order chi connectivity index (χ1) is 7.70. The Morgan fingerprint density at radius 1 is 1.50 bits per heavy atom. The summed E-state index contributed by atoms with van der Waals surface area (Å²) in [5.74, 6) is 0.555. The van der Waals surface area contributed by atoms with Gasteiger partial charge in [-0.05, 0) is 22.9 Å². The topological polar surface area (TPSA) is 69.6 Å². The van der Waals surface area contributed by atoms with Gasteiger partial charge in [0.05, 0.1) is 13.0 Å². The fraction of sp³-hybridized carbons (Fsp3) is 0.300. The SMILES string of the molecule is Cn1nnc(C(CN)c2cccc(Cl)c2)n1. The van der Waals surface area contributed by atoms with Gasteiger partial charge in [0, 0.05) is 11.6 Å². The van der Waals surface area contributed by atoms with Crippen LogP contribution in [0, 0.1) is 0 Å². The lowest BCUT2D eigenvalue weighted by atomic mass is 9.99. The number of rotatable bonds is 3. The van der Waals surface area contributed by atoms with Crippen molar-refractivity contribution in [1.29, 1.82) is 0 Å². The van der Waals surface area contributed by atoms with Crippen molar-refractivity contribution in [3.05, 3.63) is 40.7 Å². The summed E-state index contributed by atoms with van der Waals surface area (Å²) in [5, 5.41) is 12.6. The minimum Gasteiger partial charge on any atom is -0.329 e. The van der Waals surface area contributed by atoms with E-state index in [1.54, 1.807) is 7.05 Å². The van der Waals surface area contributed by atoms with E-state index in [0.29, 0.717) is 17.4 Å². The second-order valence-electron chi connectivity index (χ2n) is 3.48. The normalized spacial score (nSPS) is 12.7. The molecule has 1 aromatic heterocycles. The van der Waals surface area contributed by atoms with Crippen LogP contribution in [-0.4, -0.2) is 26.8 Å². The van der Waals surface area contributed by atoms with Gasteiger partial charge in [-0.1, -0.05) is 23.7 Å². The summed E-state index contributed by atoms with van der Waals surface area (Å²) in [6.07, 6.45) is 0. The molecule has 6 heteroatoms. The van der Waals surface area contributed by atoms with E-state index in [2.05, 4.69) is 15.4 Å². The van der Waals surface area contributed by atoms with Crippen molar-refractivity contribution in [3.8, 4) is 0 Å². The van der Waals surface area contributed by atoms with Gasteiger partial charge in [0.1, 0.15) is 0 Å². The monoisotopic (exact) mass is 237 g/mol. The molecular weight excluding hydrogens is 226 g/mol. The lowest BCUT2D eigenvalue weighted by Gasteiger charge is -2.10. The Morgan fingerprint density at radius 2 is 2.31 bits per heavy atom. The fourth-order valence-corrected chi connectivity index (χ4v) is 1.75. The molecular formula is C10H12ClN5. The van der Waals surface area contributed by atoms with Crippen molar-refractivity contribution in [2.75, 3.05) is 6.54 Å². The second-order valence-corrected chi connectivity index (χ2v) is 3.92. The van der Waals surface area contributed by atoms with Crippen LogP contribution in [0.3, 0.4) is 0 Å². The van der Waals surface area contributed by atoms with Gasteiger partial charge >= 0.3 is 0 Å². The first kappa shape index (κ1) is 11.0. The Hall–Kier alpha value is -1.46. The Labute approximate surface area is 98.2 Å². The van der Waals surface area contributed by atoms with Crippen LogP contribution in [0.1, 0.15) is 17.3 Å². The zero-order valence-electron chi connectivity index (χ0n) is 8.84. The van der Waals surface area contributed by atoms with Gasteiger partial charge in [-0.15, -0.1) is 10.2 Å². The molecule has 0 saturated heterocycles. The number of aryl methyl sites for hydroxylation is 1. The molecule has 1 heterocycles. The lowest BCUT2D eigenvalue weighted by molar-refractivity contribution is 0.624. The van der Waals surface area contributed by atoms with Crippen LogP contribution in [0.5, 0.6) is 0 Å². The highest BCUT2D eigenvalue weighted by molar-refractivity contribution is 6.30. The smallest absolute Gasteiger partial charge is 0.183 e. The minimum atomic E-state index is -0.0626. The van der Waals surface area contributed by atoms with Crippen molar-refractivity contribution in [3.63, 3.8) is 0 Å². The molecule has 2 N–H and O–H groups in total. The Balaban J connectivity index is 2.36. The van der Waals surface area contributed by atoms with E-state index < -0.39 is 0 Å². The molecule has 2 rings (SSSR count). The van der Waals surface area contributed by atoms with E-state index in [0.717, 1.165) is 5.56 Å². The molecule has 0 fully saturated rings. The molecule has 0 aliphatic carbocycles. The van der Waals surface area contributed by atoms with Gasteiger partial charge in [0.15, 0.2) is 5.82 Å². The van der Waals surface area contributed by atoms with Gasteiger partial charge in [0.25, 0.3) is 0 Å². The summed E-state index contributed by atoms with van der Waals surface area (Å²) >= 11 is 5.94. The van der Waals surface area contributed by atoms with Crippen LogP contribution >= 0.6 is 11.6 Å². The molecule has 0 saturated carbocycles. The summed E-state index contributed by atoms with van der Waals surface area (Å²) in [7, 11) is 1.72. The third kappa shape index (κ3) is 2.20. The maximum absolute atomic E-state index is 5.94. The van der Waals surface area contributed by atoms with Gasteiger partial charge in [-0.3, -0.25) is 0 Å². The standard InChI is InChI=1S/C10H12ClN5/c1-16-14-10(13-15-16)9(6-12)7-3-2-4-8(11)5-7/h2-5,9H,6,12H2,1H3. The maximum atomic E-state index is 5.94. The molecule has 1 aromatic carbocycles. The first-order valence-electron chi connectivity index (χ1n) is 4.90. The highest BCUT2D eigenvalue weighted by Gasteiger charge is 2.17. The molecule has 0 aliphatic heterocycles. The van der Waals surface area contributed by atoms with E-state index in [4.69, 9.17) is 17.3 Å². The summed E-state index contributed by atoms with van der Waals surface area (Å²) in [5.41, 5.74) is 6.74. The van der Waals surface area contributed by atoms with Crippen LogP contribution in [0.2, 0.25) is 5.02 Å². The summed E-state index contributed by atoms with van der Waals surface area (Å²) in [4.78, 5) is 1.42. The largest absolute Gasteiger partial charge is 0.329 e. The average molecular weight is 238 g/mol. The van der Waals surface area contributed by atoms with Crippen molar-refractivity contribution < 1.29 is 0 Å². The number of nitrogens with zero attached hydrogens (tertiary/aromatic N) is 4. The van der Waals surface area contributed by atoms with E-state index >= 15 is 0 Å². The third-order valence-corrected chi connectivity index (χ3v) is 2.56. The number of aromatic nitrogens is 4. The maximum Gasteiger partial charge on any atom is 0.183 e. The van der Waals surface area contributed by atoms with Crippen LogP contribution in [0.4, 0.5) is 0 Å². The van der Waals surface area contributed by atoms with Crippen molar-refractivity contribution in [2.24, 2.45) is 12.8 Å². The molecule has 1 atom stereocenters. The summed E-state index contributed by atoms with van der Waals surface area (Å²) in [6.45, 7) is 0.423. The Bertz CT molecular complexity index is 482. The number of tetrazole rings is 1. The van der Waals surface area contributed by atoms with E-state index in [-0.39, 0.29) is 5.92 Å². The number of nitrogens with two attached hydrogens (primary N) is 1. The second kappa shape index (κ2) is 4.59. The highest BCUT2D eigenvalue weighted by Crippen LogP contribution is 2.22. The quantitative estimate of drug-likeness (QED) is 0.863. The number of halogens is 1. The molecule has 0 aliphatic rings. The van der Waals surface area contributed by atoms with Crippen LogP contribution < -0.4 is 5.73 Å². The molecule has 0 radical (unpaired) electrons. The van der Waals surface area contributed by atoms with Gasteiger partial charge in [0.2, 0.25) is 0 Å². The van der Waals surface area contributed by atoms with Crippen molar-refractivity contribution in [1.82, 2.24) is 20.2 Å². The lowest BCUT2D eigenvalue weighted by Crippen LogP contribution is -2.15. The Kier molecular flexibility index (Phi) is 3.17. The molecule has 1 unspecified atom stereocenters. The molecule has 16 heavy (non-hydrogen) atoms. The fourth-order valence-electron chi connectivity index (χ4n) is 1.55. The number of hydrogen-bond acceptors (Lipinski definition) is 4. The molecule has 0 bridgehead atoms. The third-order valence-electron chi connectivity index (χ3n) is 2.32. The van der Waals surface area contributed by atoms with Crippen molar-refractivity contribution >= 4 is 11.6 Å². The highest BCUT2D eigenvalue weighted by atomic mass is 35.5. The van der Waals surface area contributed by atoms with Gasteiger partial charge in [-0.2, -0.15) is 4.80 Å². The Morgan fingerprint density at radius 3 is 2.88 bits per heavy atom. The van der Waals surface area contributed by atoms with E-state index in [1.807, 2.05) is 24.3 Å². The summed E-state index contributed by atoms with van der Waals surface area (Å²) < 4.78 is 0. The number of hydrogen-bond donors (Lipinski definition) is 1. The summed E-state index contributed by atoms with van der Waals surface area (Å²) in [6, 6.07) is 7.54.